The first-order valence-electron chi connectivity index (χ1n) is 11.7. The van der Waals surface area contributed by atoms with Gasteiger partial charge in [-0.1, -0.05) is 6.07 Å². The second kappa shape index (κ2) is 8.69. The Kier molecular flexibility index (Phi) is 5.98. The van der Waals surface area contributed by atoms with E-state index in [1.54, 1.807) is 4.57 Å². The lowest BCUT2D eigenvalue weighted by Gasteiger charge is -2.11. The minimum absolute atomic E-state index is 0.00331. The highest BCUT2D eigenvalue weighted by Crippen LogP contribution is 2.43. The van der Waals surface area contributed by atoms with Crippen molar-refractivity contribution in [2.75, 3.05) is 12.0 Å². The molecular weight excluding hydrogens is 514 g/mol. The zero-order chi connectivity index (χ0) is 26.8. The van der Waals surface area contributed by atoms with E-state index in [0.29, 0.717) is 21.4 Å². The Balaban J connectivity index is 1.62. The maximum absolute atomic E-state index is 14.1. The molecule has 2 aromatic carbocycles. The smallest absolute Gasteiger partial charge is 0.326 e. The van der Waals surface area contributed by atoms with Crippen molar-refractivity contribution in [3.05, 3.63) is 64.1 Å². The molecule has 0 radical (unpaired) electrons. The first-order valence-corrected chi connectivity index (χ1v) is 13.7. The van der Waals surface area contributed by atoms with E-state index < -0.39 is 39.6 Å². The Morgan fingerprint density at radius 2 is 1.73 bits per heavy atom. The quantitative estimate of drug-likeness (QED) is 0.346. The van der Waals surface area contributed by atoms with Gasteiger partial charge in [-0.3, -0.25) is 9.13 Å². The van der Waals surface area contributed by atoms with Crippen molar-refractivity contribution in [3.8, 4) is 0 Å². The summed E-state index contributed by atoms with van der Waals surface area (Å²) in [4.78, 5) is 17.8. The first-order chi connectivity index (χ1) is 17.2. The normalized spacial score (nSPS) is 15.6. The van der Waals surface area contributed by atoms with Crippen LogP contribution in [0.5, 0.6) is 0 Å². The summed E-state index contributed by atoms with van der Waals surface area (Å²) in [5.41, 5.74) is 7.05. The molecule has 198 valence electrons. The molecule has 0 aliphatic heterocycles. The van der Waals surface area contributed by atoms with E-state index in [1.807, 2.05) is 18.2 Å². The van der Waals surface area contributed by atoms with Gasteiger partial charge in [0.25, 0.3) is 0 Å². The van der Waals surface area contributed by atoms with Crippen LogP contribution >= 0.6 is 0 Å². The Hall–Kier alpha value is -3.19. The second-order valence-electron chi connectivity index (χ2n) is 9.73. The van der Waals surface area contributed by atoms with Crippen molar-refractivity contribution in [1.29, 1.82) is 0 Å². The van der Waals surface area contributed by atoms with Crippen LogP contribution in [-0.2, 0) is 35.0 Å². The molecule has 1 aliphatic carbocycles. The van der Waals surface area contributed by atoms with Gasteiger partial charge in [-0.05, 0) is 55.2 Å². The number of halogens is 4. The Labute approximate surface area is 209 Å². The van der Waals surface area contributed by atoms with Crippen LogP contribution in [0.1, 0.15) is 30.7 Å². The number of benzene rings is 2. The third kappa shape index (κ3) is 5.14. The summed E-state index contributed by atoms with van der Waals surface area (Å²) in [5.74, 6) is -0.444. The van der Waals surface area contributed by atoms with Crippen molar-refractivity contribution in [3.63, 3.8) is 0 Å². The van der Waals surface area contributed by atoms with Crippen LogP contribution in [0.25, 0.3) is 22.1 Å². The molecule has 2 N–H and O–H groups in total. The number of nitrogens with zero attached hydrogens (tertiary/aromatic N) is 4. The predicted molar refractivity (Wildman–Crippen MR) is 130 cm³/mol. The van der Waals surface area contributed by atoms with E-state index >= 15 is 0 Å². The van der Waals surface area contributed by atoms with E-state index in [-0.39, 0.29) is 36.3 Å². The number of nitrogens with two attached hydrogens (primary N) is 1. The lowest BCUT2D eigenvalue weighted by Crippen LogP contribution is -2.30. The molecule has 13 heteroatoms. The van der Waals surface area contributed by atoms with Crippen LogP contribution in [0, 0.1) is 5.82 Å². The van der Waals surface area contributed by atoms with Crippen molar-refractivity contribution < 1.29 is 26.0 Å². The Bertz CT molecular complexity index is 1680. The van der Waals surface area contributed by atoms with Gasteiger partial charge in [-0.25, -0.2) is 22.6 Å². The molecule has 0 bridgehead atoms. The van der Waals surface area contributed by atoms with Gasteiger partial charge in [-0.2, -0.15) is 13.2 Å². The molecule has 37 heavy (non-hydrogen) atoms. The number of sulfone groups is 1. The first kappa shape index (κ1) is 25.5. The monoisotopic (exact) mass is 539 g/mol. The topological polar surface area (TPSA) is 105 Å². The van der Waals surface area contributed by atoms with Crippen LogP contribution in [0.2, 0.25) is 0 Å². The molecule has 0 saturated heterocycles. The van der Waals surface area contributed by atoms with Crippen LogP contribution in [-0.4, -0.2) is 45.3 Å². The second-order valence-corrected chi connectivity index (χ2v) is 12.0. The molecule has 2 aromatic heterocycles. The van der Waals surface area contributed by atoms with Crippen molar-refractivity contribution in [1.82, 2.24) is 18.7 Å². The molecule has 0 spiro atoms. The zero-order valence-corrected chi connectivity index (χ0v) is 20.7. The number of hydrogen-bond acceptors (Lipinski definition) is 5. The summed E-state index contributed by atoms with van der Waals surface area (Å²) in [6.07, 6.45) is -1.60. The SMILES string of the molecule is CS(=O)(=O)CCCn1c(Cn2c(=O)n(CC(F)(F)F)c3ccc(F)cc32)nc2cc(C3(N)CC3)ccc21. The van der Waals surface area contributed by atoms with Gasteiger partial charge in [0.1, 0.15) is 28.0 Å². The van der Waals surface area contributed by atoms with Gasteiger partial charge in [0.05, 0.1) is 34.4 Å². The number of rotatable bonds is 8. The van der Waals surface area contributed by atoms with E-state index in [2.05, 4.69) is 4.98 Å². The summed E-state index contributed by atoms with van der Waals surface area (Å²) in [7, 11) is -3.23. The fraction of sp³-hybridized carbons (Fsp3) is 0.417. The largest absolute Gasteiger partial charge is 0.406 e. The maximum Gasteiger partial charge on any atom is 0.406 e. The maximum atomic E-state index is 14.1. The van der Waals surface area contributed by atoms with Crippen LogP contribution < -0.4 is 11.4 Å². The molecular formula is C24H25F4N5O3S. The highest BCUT2D eigenvalue weighted by atomic mass is 32.2. The lowest BCUT2D eigenvalue weighted by molar-refractivity contribution is -0.140. The average Bonchev–Trinajstić information content (AvgIpc) is 3.39. The van der Waals surface area contributed by atoms with Gasteiger partial charge >= 0.3 is 11.9 Å². The highest BCUT2D eigenvalue weighted by molar-refractivity contribution is 7.90. The van der Waals surface area contributed by atoms with Gasteiger partial charge in [0.15, 0.2) is 0 Å². The number of imidazole rings is 2. The van der Waals surface area contributed by atoms with Gasteiger partial charge in [0.2, 0.25) is 0 Å². The van der Waals surface area contributed by atoms with Crippen LogP contribution in [0.4, 0.5) is 17.6 Å². The van der Waals surface area contributed by atoms with Crippen LogP contribution in [0.3, 0.4) is 0 Å². The summed E-state index contributed by atoms with van der Waals surface area (Å²) in [6.45, 7) is -1.51. The summed E-state index contributed by atoms with van der Waals surface area (Å²) in [5, 5.41) is 0. The predicted octanol–water partition coefficient (Wildman–Crippen LogP) is 3.28. The number of fused-ring (bicyclic) bond motifs is 2. The molecule has 1 saturated carbocycles. The molecule has 1 fully saturated rings. The molecule has 4 aromatic rings. The Morgan fingerprint density at radius 1 is 1.03 bits per heavy atom. The minimum Gasteiger partial charge on any atom is -0.326 e. The fourth-order valence-electron chi connectivity index (χ4n) is 4.69. The number of hydrogen-bond donors (Lipinski definition) is 1. The van der Waals surface area contributed by atoms with Crippen LogP contribution in [0.15, 0.2) is 41.2 Å². The average molecular weight is 540 g/mol. The summed E-state index contributed by atoms with van der Waals surface area (Å²) in [6, 6.07) is 8.71. The number of aromatic nitrogens is 4. The van der Waals surface area contributed by atoms with E-state index in [1.165, 1.54) is 0 Å². The highest BCUT2D eigenvalue weighted by Gasteiger charge is 2.40. The van der Waals surface area contributed by atoms with E-state index in [4.69, 9.17) is 5.73 Å². The number of alkyl halides is 3. The molecule has 1 aliphatic rings. The van der Waals surface area contributed by atoms with Crippen molar-refractivity contribution in [2.45, 2.75) is 50.6 Å². The molecule has 8 nitrogen and oxygen atoms in total. The van der Waals surface area contributed by atoms with Gasteiger partial charge in [0, 0.05) is 18.3 Å². The summed E-state index contributed by atoms with van der Waals surface area (Å²) < 4.78 is 80.5. The third-order valence-corrected chi connectivity index (χ3v) is 7.74. The molecule has 0 amide bonds. The van der Waals surface area contributed by atoms with Gasteiger partial charge < -0.3 is 10.3 Å². The molecule has 0 unspecified atom stereocenters. The zero-order valence-electron chi connectivity index (χ0n) is 19.9. The lowest BCUT2D eigenvalue weighted by atomic mass is 10.1. The van der Waals surface area contributed by atoms with E-state index in [9.17, 15) is 30.8 Å². The molecule has 2 heterocycles. The third-order valence-electron chi connectivity index (χ3n) is 6.71. The minimum atomic E-state index is -4.66. The van der Waals surface area contributed by atoms with Crippen molar-refractivity contribution >= 4 is 31.9 Å². The summed E-state index contributed by atoms with van der Waals surface area (Å²) >= 11 is 0. The Morgan fingerprint density at radius 3 is 2.38 bits per heavy atom. The molecule has 5 rings (SSSR count). The molecule has 0 atom stereocenters. The fourth-order valence-corrected chi connectivity index (χ4v) is 5.34. The van der Waals surface area contributed by atoms with E-state index in [0.717, 1.165) is 47.4 Å². The standard InChI is InChI=1S/C24H25F4N5O3S/c1-37(35,36)10-2-9-31-18-5-3-15(23(29)7-8-23)11-17(18)30-21(31)13-32-20-12-16(25)4-6-19(20)33(22(32)34)14-24(26,27)28/h3-6,11-12H,2,7-10,13-14,29H2,1H3. The van der Waals surface area contributed by atoms with Gasteiger partial charge in [-0.15, -0.1) is 0 Å². The number of aryl methyl sites for hydroxylation is 1. The van der Waals surface area contributed by atoms with Crippen molar-refractivity contribution in [2.24, 2.45) is 5.73 Å².